The Balaban J connectivity index is 0.000000187. The Labute approximate surface area is 72.2 Å². The molecule has 62 valence electrons. The lowest BCUT2D eigenvalue weighted by atomic mass is 10.4. The summed E-state index contributed by atoms with van der Waals surface area (Å²) >= 11 is 4.49. The predicted octanol–water partition coefficient (Wildman–Crippen LogP) is 0.943. The van der Waals surface area contributed by atoms with Crippen LogP contribution in [0.15, 0.2) is 36.4 Å². The van der Waals surface area contributed by atoms with Crippen molar-refractivity contribution in [2.75, 3.05) is 0 Å². The largest absolute Gasteiger partial charge is 0.214 e. The summed E-state index contributed by atoms with van der Waals surface area (Å²) in [4.78, 5) is 0. The highest BCUT2D eigenvalue weighted by Crippen LogP contribution is 1.79. The molecule has 1 aromatic rings. The molecule has 0 aliphatic rings. The van der Waals surface area contributed by atoms with E-state index in [0.717, 1.165) is 0 Å². The summed E-state index contributed by atoms with van der Waals surface area (Å²) in [5, 5.41) is 0. The van der Waals surface area contributed by atoms with Crippen LogP contribution >= 0.6 is 11.8 Å². The molecule has 0 amide bonds. The van der Waals surface area contributed by atoms with Crippen LogP contribution in [0.2, 0.25) is 0 Å². The van der Waals surface area contributed by atoms with Crippen molar-refractivity contribution in [2.45, 2.75) is 0 Å². The van der Waals surface area contributed by atoms with Gasteiger partial charge in [0.1, 0.15) is 0 Å². The van der Waals surface area contributed by atoms with Crippen molar-refractivity contribution in [2.24, 2.45) is 0 Å². The van der Waals surface area contributed by atoms with E-state index in [9.17, 15) is 0 Å². The third-order valence-electron chi connectivity index (χ3n) is 0.736. The van der Waals surface area contributed by atoms with Crippen molar-refractivity contribution in [3.05, 3.63) is 36.4 Å². The van der Waals surface area contributed by atoms with Gasteiger partial charge >= 0.3 is 0 Å². The minimum atomic E-state index is -2.58. The Bertz CT molecular complexity index is 203. The van der Waals surface area contributed by atoms with Crippen molar-refractivity contribution in [3.8, 4) is 0 Å². The van der Waals surface area contributed by atoms with Gasteiger partial charge in [-0.2, -0.15) is 0 Å². The molecule has 0 atom stereocenters. The number of halogens is 1. The predicted molar refractivity (Wildman–Crippen MR) is 45.7 cm³/mol. The van der Waals surface area contributed by atoms with Gasteiger partial charge in [-0.1, -0.05) is 36.4 Å². The van der Waals surface area contributed by atoms with Gasteiger partial charge in [0.05, 0.1) is 0 Å². The molecular weight excluding hydrogens is 186 g/mol. The molecule has 1 N–H and O–H groups in total. The van der Waals surface area contributed by atoms with Gasteiger partial charge in [0.15, 0.2) is 0 Å². The maximum absolute atomic E-state index is 9.16. The van der Waals surface area contributed by atoms with E-state index in [2.05, 4.69) is 11.8 Å². The molecule has 0 aliphatic heterocycles. The smallest absolute Gasteiger partial charge is 0.214 e. The van der Waals surface area contributed by atoms with E-state index in [0.29, 0.717) is 0 Å². The summed E-state index contributed by atoms with van der Waals surface area (Å²) in [7, 11) is -2.58. The van der Waals surface area contributed by atoms with Gasteiger partial charge in [-0.15, -0.1) is 4.24 Å². The van der Waals surface area contributed by atoms with E-state index >= 15 is 0 Å². The van der Waals surface area contributed by atoms with Gasteiger partial charge in [0, 0.05) is 0 Å². The van der Waals surface area contributed by atoms with Crippen molar-refractivity contribution in [3.63, 3.8) is 0 Å². The molecular formula is C6H8ClNO2S. The van der Waals surface area contributed by atoms with Crippen molar-refractivity contribution in [1.29, 1.82) is 0 Å². The number of hydrogen-bond acceptors (Lipinski definition) is 2. The SMILES string of the molecule is O=[SH](=O)NCl.c1ccccc1. The molecule has 0 heterocycles. The van der Waals surface area contributed by atoms with Crippen molar-refractivity contribution in [1.82, 2.24) is 4.24 Å². The molecule has 0 aliphatic carbocycles. The third-order valence-corrected chi connectivity index (χ3v) is 1.29. The Kier molecular flexibility index (Phi) is 7.13. The second kappa shape index (κ2) is 7.53. The molecule has 1 aromatic carbocycles. The molecule has 3 nitrogen and oxygen atoms in total. The van der Waals surface area contributed by atoms with Crippen LogP contribution in [0.25, 0.3) is 0 Å². The molecule has 11 heavy (non-hydrogen) atoms. The highest BCUT2D eigenvalue weighted by Gasteiger charge is 1.63. The lowest BCUT2D eigenvalue weighted by Gasteiger charge is -1.69. The number of rotatable bonds is 1. The fraction of sp³-hybridized carbons (Fsp3) is 0. The monoisotopic (exact) mass is 193 g/mol. The van der Waals surface area contributed by atoms with Crippen LogP contribution in [0.5, 0.6) is 0 Å². The average molecular weight is 194 g/mol. The fourth-order valence-electron chi connectivity index (χ4n) is 0.385. The molecule has 0 radical (unpaired) electrons. The van der Waals surface area contributed by atoms with E-state index in [4.69, 9.17) is 8.42 Å². The Morgan fingerprint density at radius 1 is 0.909 bits per heavy atom. The molecule has 0 aromatic heterocycles. The van der Waals surface area contributed by atoms with Gasteiger partial charge < -0.3 is 0 Å². The molecule has 0 bridgehead atoms. The zero-order valence-electron chi connectivity index (χ0n) is 5.61. The van der Waals surface area contributed by atoms with Gasteiger partial charge in [0.25, 0.3) is 0 Å². The molecule has 0 fully saturated rings. The lowest BCUT2D eigenvalue weighted by molar-refractivity contribution is 0.613. The van der Waals surface area contributed by atoms with Crippen LogP contribution in [0.3, 0.4) is 0 Å². The summed E-state index contributed by atoms with van der Waals surface area (Å²) in [5.41, 5.74) is 0. The van der Waals surface area contributed by atoms with Gasteiger partial charge in [-0.3, -0.25) is 0 Å². The second-order valence-electron chi connectivity index (χ2n) is 1.50. The Morgan fingerprint density at radius 2 is 1.09 bits per heavy atom. The maximum Gasteiger partial charge on any atom is 0.214 e. The highest BCUT2D eigenvalue weighted by molar-refractivity contribution is 7.71. The maximum atomic E-state index is 9.16. The quantitative estimate of drug-likeness (QED) is 0.515. The van der Waals surface area contributed by atoms with Crippen LogP contribution < -0.4 is 4.24 Å². The normalized spacial score (nSPS) is 8.55. The minimum absolute atomic E-state index is 1.45. The van der Waals surface area contributed by atoms with Crippen LogP contribution in [-0.2, 0) is 10.9 Å². The first kappa shape index (κ1) is 10.4. The number of benzene rings is 1. The number of hydrogen-bond donors (Lipinski definition) is 2. The third kappa shape index (κ3) is 9.42. The summed E-state index contributed by atoms with van der Waals surface area (Å²) in [6.07, 6.45) is 0. The summed E-state index contributed by atoms with van der Waals surface area (Å²) in [6, 6.07) is 12.0. The van der Waals surface area contributed by atoms with Crippen LogP contribution in [0.4, 0.5) is 0 Å². The molecule has 5 heteroatoms. The molecule has 0 saturated carbocycles. The number of thiol groups is 1. The second-order valence-corrected chi connectivity index (χ2v) is 2.69. The van der Waals surface area contributed by atoms with Crippen LogP contribution in [-0.4, -0.2) is 8.42 Å². The van der Waals surface area contributed by atoms with Gasteiger partial charge in [-0.25, -0.2) is 8.42 Å². The number of nitrogens with one attached hydrogen (secondary N) is 1. The summed E-state index contributed by atoms with van der Waals surface area (Å²) < 4.78 is 19.8. The molecule has 0 unspecified atom stereocenters. The van der Waals surface area contributed by atoms with Gasteiger partial charge in [0.2, 0.25) is 10.9 Å². The van der Waals surface area contributed by atoms with Crippen molar-refractivity contribution < 1.29 is 8.42 Å². The van der Waals surface area contributed by atoms with Gasteiger partial charge in [-0.05, 0) is 11.8 Å². The topological polar surface area (TPSA) is 46.2 Å². The highest BCUT2D eigenvalue weighted by atomic mass is 35.5. The molecule has 0 spiro atoms. The average Bonchev–Trinajstić information content (AvgIpc) is 2.09. The van der Waals surface area contributed by atoms with E-state index in [1.807, 2.05) is 36.4 Å². The first-order valence-electron chi connectivity index (χ1n) is 2.78. The van der Waals surface area contributed by atoms with E-state index in [1.54, 1.807) is 0 Å². The Hall–Kier alpha value is -0.580. The first-order chi connectivity index (χ1) is 5.27. The summed E-state index contributed by atoms with van der Waals surface area (Å²) in [6.45, 7) is 0. The standard InChI is InChI=1S/C6H6.ClH2NO2S/c1-2-4-6-5-3-1;1-2-5(3)4/h1-6H;5H,(H,2,3,4). The van der Waals surface area contributed by atoms with E-state index in [1.165, 1.54) is 4.24 Å². The Morgan fingerprint density at radius 3 is 1.18 bits per heavy atom. The minimum Gasteiger partial charge on any atom is -0.214 e. The summed E-state index contributed by atoms with van der Waals surface area (Å²) in [5.74, 6) is 0. The zero-order chi connectivity index (χ0) is 8.53. The first-order valence-corrected chi connectivity index (χ1v) is 4.33. The van der Waals surface area contributed by atoms with Crippen LogP contribution in [0.1, 0.15) is 0 Å². The van der Waals surface area contributed by atoms with E-state index < -0.39 is 10.9 Å². The molecule has 0 saturated heterocycles. The molecule has 1 rings (SSSR count). The fourth-order valence-corrected chi connectivity index (χ4v) is 0.385. The zero-order valence-corrected chi connectivity index (χ0v) is 7.26. The van der Waals surface area contributed by atoms with Crippen molar-refractivity contribution >= 4 is 22.7 Å². The van der Waals surface area contributed by atoms with E-state index in [-0.39, 0.29) is 0 Å². The lowest BCUT2D eigenvalue weighted by Crippen LogP contribution is -1.89. The van der Waals surface area contributed by atoms with Crippen LogP contribution in [0, 0.1) is 0 Å².